The SMILES string of the molecule is Cc1cc(C)n2nc(C(=O)Nc3ccc(NC(=O)OC(C)(C)C)cc3C)nc2n1. The molecule has 3 aromatic rings. The molecular formula is C20H24N6O3. The molecule has 2 amide bonds. The van der Waals surface area contributed by atoms with E-state index < -0.39 is 17.6 Å². The molecule has 0 unspecified atom stereocenters. The summed E-state index contributed by atoms with van der Waals surface area (Å²) in [5.74, 6) is -0.0358. The van der Waals surface area contributed by atoms with Gasteiger partial charge < -0.3 is 10.1 Å². The Kier molecular flexibility index (Phi) is 5.23. The monoisotopic (exact) mass is 396 g/mol. The van der Waals surface area contributed by atoms with Crippen LogP contribution in [0.2, 0.25) is 0 Å². The Balaban J connectivity index is 1.74. The molecule has 0 fully saturated rings. The quantitative estimate of drug-likeness (QED) is 0.699. The molecule has 2 aromatic heterocycles. The van der Waals surface area contributed by atoms with Gasteiger partial charge in [0.05, 0.1) is 0 Å². The molecule has 9 nitrogen and oxygen atoms in total. The van der Waals surface area contributed by atoms with Crippen molar-refractivity contribution in [3.05, 3.63) is 47.0 Å². The van der Waals surface area contributed by atoms with Crippen LogP contribution in [0.5, 0.6) is 0 Å². The van der Waals surface area contributed by atoms with Crippen LogP contribution in [-0.4, -0.2) is 37.2 Å². The number of carbonyl (C=O) groups excluding carboxylic acids is 2. The molecule has 0 saturated heterocycles. The predicted molar refractivity (Wildman–Crippen MR) is 109 cm³/mol. The lowest BCUT2D eigenvalue weighted by Gasteiger charge is -2.20. The number of aromatic nitrogens is 4. The van der Waals surface area contributed by atoms with Gasteiger partial charge in [0, 0.05) is 22.8 Å². The van der Waals surface area contributed by atoms with Crippen LogP contribution in [0.1, 0.15) is 48.3 Å². The Labute approximate surface area is 168 Å². The van der Waals surface area contributed by atoms with Crippen LogP contribution >= 0.6 is 0 Å². The van der Waals surface area contributed by atoms with Crippen molar-refractivity contribution in [3.8, 4) is 0 Å². The van der Waals surface area contributed by atoms with E-state index in [2.05, 4.69) is 25.7 Å². The second-order valence-electron chi connectivity index (χ2n) is 7.80. The summed E-state index contributed by atoms with van der Waals surface area (Å²) in [6.45, 7) is 10.9. The van der Waals surface area contributed by atoms with E-state index in [1.807, 2.05) is 26.8 Å². The number of anilines is 2. The smallest absolute Gasteiger partial charge is 0.412 e. The van der Waals surface area contributed by atoms with Crippen LogP contribution in [0.4, 0.5) is 16.2 Å². The van der Waals surface area contributed by atoms with E-state index in [1.54, 1.807) is 39.0 Å². The van der Waals surface area contributed by atoms with Gasteiger partial charge in [-0.25, -0.2) is 14.3 Å². The zero-order valence-electron chi connectivity index (χ0n) is 17.3. The maximum Gasteiger partial charge on any atom is 0.412 e. The van der Waals surface area contributed by atoms with Crippen molar-refractivity contribution in [2.75, 3.05) is 10.6 Å². The van der Waals surface area contributed by atoms with E-state index in [-0.39, 0.29) is 5.82 Å². The average molecular weight is 396 g/mol. The number of nitrogens with zero attached hydrogens (tertiary/aromatic N) is 4. The van der Waals surface area contributed by atoms with Crippen molar-refractivity contribution in [2.45, 2.75) is 47.1 Å². The molecular weight excluding hydrogens is 372 g/mol. The van der Waals surface area contributed by atoms with Gasteiger partial charge >= 0.3 is 6.09 Å². The Morgan fingerprint density at radius 1 is 1.03 bits per heavy atom. The fourth-order valence-corrected chi connectivity index (χ4v) is 2.74. The fourth-order valence-electron chi connectivity index (χ4n) is 2.74. The molecule has 0 aliphatic heterocycles. The first-order chi connectivity index (χ1) is 13.5. The molecule has 0 aliphatic carbocycles. The molecule has 1 aromatic carbocycles. The molecule has 9 heteroatoms. The number of amides is 2. The fraction of sp³-hybridized carbons (Fsp3) is 0.350. The lowest BCUT2D eigenvalue weighted by atomic mass is 10.1. The van der Waals surface area contributed by atoms with Crippen LogP contribution < -0.4 is 10.6 Å². The summed E-state index contributed by atoms with van der Waals surface area (Å²) in [5.41, 5.74) is 2.98. The predicted octanol–water partition coefficient (Wildman–Crippen LogP) is 3.65. The van der Waals surface area contributed by atoms with Gasteiger partial charge in [0.15, 0.2) is 0 Å². The van der Waals surface area contributed by atoms with Gasteiger partial charge in [-0.05, 0) is 71.4 Å². The number of rotatable bonds is 3. The second kappa shape index (κ2) is 7.50. The molecule has 152 valence electrons. The number of aryl methyl sites for hydroxylation is 3. The maximum absolute atomic E-state index is 12.6. The number of hydrogen-bond acceptors (Lipinski definition) is 6. The highest BCUT2D eigenvalue weighted by Crippen LogP contribution is 2.21. The normalized spacial score (nSPS) is 11.4. The van der Waals surface area contributed by atoms with Gasteiger partial charge in [0.1, 0.15) is 5.60 Å². The van der Waals surface area contributed by atoms with Gasteiger partial charge in [-0.2, -0.15) is 4.98 Å². The number of nitrogens with one attached hydrogen (secondary N) is 2. The average Bonchev–Trinajstić information content (AvgIpc) is 3.00. The Bertz CT molecular complexity index is 1100. The van der Waals surface area contributed by atoms with Crippen LogP contribution in [0, 0.1) is 20.8 Å². The molecule has 0 spiro atoms. The minimum Gasteiger partial charge on any atom is -0.444 e. The van der Waals surface area contributed by atoms with Gasteiger partial charge in [0.25, 0.3) is 11.7 Å². The summed E-state index contributed by atoms with van der Waals surface area (Å²) in [6, 6.07) is 6.98. The number of hydrogen-bond donors (Lipinski definition) is 2. The summed E-state index contributed by atoms with van der Waals surface area (Å²) >= 11 is 0. The van der Waals surface area contributed by atoms with Crippen molar-refractivity contribution in [1.29, 1.82) is 0 Å². The molecule has 0 aliphatic rings. The van der Waals surface area contributed by atoms with E-state index in [0.717, 1.165) is 17.0 Å². The van der Waals surface area contributed by atoms with Crippen molar-refractivity contribution >= 4 is 29.2 Å². The van der Waals surface area contributed by atoms with Crippen molar-refractivity contribution in [2.24, 2.45) is 0 Å². The highest BCUT2D eigenvalue weighted by atomic mass is 16.6. The van der Waals surface area contributed by atoms with Gasteiger partial charge in [0.2, 0.25) is 5.82 Å². The van der Waals surface area contributed by atoms with Crippen LogP contribution in [0.25, 0.3) is 5.78 Å². The van der Waals surface area contributed by atoms with Crippen LogP contribution in [0.3, 0.4) is 0 Å². The van der Waals surface area contributed by atoms with E-state index in [4.69, 9.17) is 4.74 Å². The number of ether oxygens (including phenoxy) is 1. The lowest BCUT2D eigenvalue weighted by molar-refractivity contribution is 0.0635. The first kappa shape index (κ1) is 20.2. The van der Waals surface area contributed by atoms with Gasteiger partial charge in [-0.3, -0.25) is 10.1 Å². The summed E-state index contributed by atoms with van der Waals surface area (Å²) in [6.07, 6.45) is -0.541. The van der Waals surface area contributed by atoms with Gasteiger partial charge in [-0.1, -0.05) is 0 Å². The zero-order chi connectivity index (χ0) is 21.3. The number of fused-ring (bicyclic) bond motifs is 1. The molecule has 2 N–H and O–H groups in total. The molecule has 2 heterocycles. The topological polar surface area (TPSA) is 111 Å². The third-order valence-electron chi connectivity index (χ3n) is 3.94. The molecule has 0 saturated carbocycles. The Hall–Kier alpha value is -3.49. The first-order valence-electron chi connectivity index (χ1n) is 9.15. The van der Waals surface area contributed by atoms with Crippen molar-refractivity contribution in [1.82, 2.24) is 19.6 Å². The van der Waals surface area contributed by atoms with Crippen LogP contribution in [-0.2, 0) is 4.74 Å². The minimum absolute atomic E-state index is 0.0292. The second-order valence-corrected chi connectivity index (χ2v) is 7.80. The molecule has 0 radical (unpaired) electrons. The largest absolute Gasteiger partial charge is 0.444 e. The maximum atomic E-state index is 12.6. The summed E-state index contributed by atoms with van der Waals surface area (Å²) in [7, 11) is 0. The molecule has 0 atom stereocenters. The third-order valence-corrected chi connectivity index (χ3v) is 3.94. The van der Waals surface area contributed by atoms with Crippen molar-refractivity contribution in [3.63, 3.8) is 0 Å². The van der Waals surface area contributed by atoms with E-state index in [1.165, 1.54) is 4.52 Å². The van der Waals surface area contributed by atoms with E-state index in [9.17, 15) is 9.59 Å². The highest BCUT2D eigenvalue weighted by molar-refractivity contribution is 6.02. The highest BCUT2D eigenvalue weighted by Gasteiger charge is 2.18. The molecule has 3 rings (SSSR count). The number of benzene rings is 1. The lowest BCUT2D eigenvalue weighted by Crippen LogP contribution is -2.27. The zero-order valence-corrected chi connectivity index (χ0v) is 17.3. The Morgan fingerprint density at radius 2 is 1.76 bits per heavy atom. The Morgan fingerprint density at radius 3 is 2.41 bits per heavy atom. The van der Waals surface area contributed by atoms with E-state index in [0.29, 0.717) is 17.2 Å². The number of carbonyl (C=O) groups is 2. The van der Waals surface area contributed by atoms with Gasteiger partial charge in [-0.15, -0.1) is 5.10 Å². The van der Waals surface area contributed by atoms with Crippen molar-refractivity contribution < 1.29 is 14.3 Å². The molecule has 0 bridgehead atoms. The summed E-state index contributed by atoms with van der Waals surface area (Å²) < 4.78 is 6.77. The van der Waals surface area contributed by atoms with E-state index >= 15 is 0 Å². The third kappa shape index (κ3) is 4.87. The molecule has 29 heavy (non-hydrogen) atoms. The standard InChI is InChI=1S/C20H24N6O3/c1-11-9-14(22-19(28)29-20(4,5)6)7-8-15(11)23-17(27)16-24-18-21-12(2)10-13(3)26(18)25-16/h7-10H,1-6H3,(H,22,28)(H,23,27). The first-order valence-corrected chi connectivity index (χ1v) is 9.15. The minimum atomic E-state index is -0.583. The van der Waals surface area contributed by atoms with Crippen LogP contribution in [0.15, 0.2) is 24.3 Å². The summed E-state index contributed by atoms with van der Waals surface area (Å²) in [4.78, 5) is 33.0. The summed E-state index contributed by atoms with van der Waals surface area (Å²) in [5, 5.41) is 9.69.